The van der Waals surface area contributed by atoms with Crippen molar-refractivity contribution in [1.29, 1.82) is 0 Å². The number of carbonyl (C=O) groups is 1. The van der Waals surface area contributed by atoms with E-state index in [1.807, 2.05) is 11.9 Å². The monoisotopic (exact) mass is 328 g/mol. The summed E-state index contributed by atoms with van der Waals surface area (Å²) in [6, 6.07) is 5.32. The first-order chi connectivity index (χ1) is 10.2. The molecule has 1 fully saturated rings. The molecule has 1 aliphatic rings. The van der Waals surface area contributed by atoms with E-state index in [-0.39, 0.29) is 18.3 Å². The molecule has 1 aromatic carbocycles. The number of ether oxygens (including phenoxy) is 2. The maximum absolute atomic E-state index is 12.5. The zero-order valence-corrected chi connectivity index (χ0v) is 14.2. The molecular weight excluding hydrogens is 304 g/mol. The van der Waals surface area contributed by atoms with E-state index in [1.165, 1.54) is 0 Å². The van der Waals surface area contributed by atoms with Crippen LogP contribution in [-0.4, -0.2) is 51.7 Å². The van der Waals surface area contributed by atoms with Crippen molar-refractivity contribution in [3.8, 4) is 11.5 Å². The van der Waals surface area contributed by atoms with Crippen molar-refractivity contribution in [2.24, 2.45) is 5.92 Å². The van der Waals surface area contributed by atoms with E-state index in [0.717, 1.165) is 32.5 Å². The quantitative estimate of drug-likeness (QED) is 0.900. The number of methoxy groups -OCH3 is 2. The van der Waals surface area contributed by atoms with E-state index in [0.29, 0.717) is 23.0 Å². The van der Waals surface area contributed by atoms with Gasteiger partial charge < -0.3 is 19.7 Å². The number of nitrogens with one attached hydrogen (secondary N) is 1. The van der Waals surface area contributed by atoms with Gasteiger partial charge in [-0.1, -0.05) is 0 Å². The summed E-state index contributed by atoms with van der Waals surface area (Å²) in [5, 5.41) is 3.21. The summed E-state index contributed by atoms with van der Waals surface area (Å²) >= 11 is 0. The van der Waals surface area contributed by atoms with Crippen LogP contribution in [0.4, 0.5) is 0 Å². The van der Waals surface area contributed by atoms with Crippen molar-refractivity contribution in [2.75, 3.05) is 40.9 Å². The third-order valence-electron chi connectivity index (χ3n) is 4.03. The van der Waals surface area contributed by atoms with E-state index in [1.54, 1.807) is 32.4 Å². The Hall–Kier alpha value is -1.46. The van der Waals surface area contributed by atoms with Gasteiger partial charge in [0.2, 0.25) is 0 Å². The zero-order chi connectivity index (χ0) is 15.2. The number of carbonyl (C=O) groups excluding carboxylic acids is 1. The summed E-state index contributed by atoms with van der Waals surface area (Å²) in [5.74, 6) is 1.97. The second-order valence-corrected chi connectivity index (χ2v) is 5.36. The lowest BCUT2D eigenvalue weighted by atomic mass is 9.96. The van der Waals surface area contributed by atoms with Crippen LogP contribution in [0.5, 0.6) is 11.5 Å². The molecule has 0 radical (unpaired) electrons. The number of hydrogen-bond acceptors (Lipinski definition) is 4. The van der Waals surface area contributed by atoms with Crippen LogP contribution in [0.2, 0.25) is 0 Å². The Kier molecular flexibility index (Phi) is 7.48. The van der Waals surface area contributed by atoms with E-state index >= 15 is 0 Å². The van der Waals surface area contributed by atoms with Gasteiger partial charge in [-0.3, -0.25) is 4.79 Å². The maximum atomic E-state index is 12.5. The molecule has 22 heavy (non-hydrogen) atoms. The number of benzene rings is 1. The van der Waals surface area contributed by atoms with Gasteiger partial charge in [-0.15, -0.1) is 12.4 Å². The van der Waals surface area contributed by atoms with Gasteiger partial charge in [0.1, 0.15) is 0 Å². The van der Waals surface area contributed by atoms with Crippen LogP contribution in [0.25, 0.3) is 0 Å². The Bertz CT molecular complexity index is 488. The van der Waals surface area contributed by atoms with E-state index in [4.69, 9.17) is 9.47 Å². The Morgan fingerprint density at radius 1 is 1.23 bits per heavy atom. The molecule has 2 rings (SSSR count). The molecule has 1 aliphatic heterocycles. The smallest absolute Gasteiger partial charge is 0.253 e. The molecule has 0 saturated carbocycles. The largest absolute Gasteiger partial charge is 0.493 e. The van der Waals surface area contributed by atoms with Crippen LogP contribution in [0, 0.1) is 5.92 Å². The van der Waals surface area contributed by atoms with Crippen molar-refractivity contribution in [1.82, 2.24) is 10.2 Å². The van der Waals surface area contributed by atoms with E-state index in [9.17, 15) is 4.79 Å². The minimum Gasteiger partial charge on any atom is -0.493 e. The van der Waals surface area contributed by atoms with Gasteiger partial charge in [-0.2, -0.15) is 0 Å². The van der Waals surface area contributed by atoms with Gasteiger partial charge in [-0.25, -0.2) is 0 Å². The first-order valence-electron chi connectivity index (χ1n) is 7.35. The second kappa shape index (κ2) is 8.86. The fourth-order valence-electron chi connectivity index (χ4n) is 2.78. The summed E-state index contributed by atoms with van der Waals surface area (Å²) in [6.45, 7) is 2.66. The Morgan fingerprint density at radius 2 is 1.86 bits per heavy atom. The molecule has 0 unspecified atom stereocenters. The SMILES string of the molecule is CNCC1CCN(C(=O)c2ccc(OC)c(OC)c2)CC1.Cl. The predicted molar refractivity (Wildman–Crippen MR) is 89.3 cm³/mol. The van der Waals surface area contributed by atoms with Crippen LogP contribution in [0.15, 0.2) is 18.2 Å². The first-order valence-corrected chi connectivity index (χ1v) is 7.35. The molecule has 5 nitrogen and oxygen atoms in total. The normalized spacial score (nSPS) is 15.1. The van der Waals surface area contributed by atoms with Gasteiger partial charge in [0, 0.05) is 18.7 Å². The minimum atomic E-state index is 0. The van der Waals surface area contributed by atoms with Gasteiger partial charge in [0.05, 0.1) is 14.2 Å². The molecule has 124 valence electrons. The summed E-state index contributed by atoms with van der Waals surface area (Å²) < 4.78 is 10.5. The standard InChI is InChI=1S/C16H24N2O3.ClH/c1-17-11-12-6-8-18(9-7-12)16(19)13-4-5-14(20-2)15(10-13)21-3;/h4-5,10,12,17H,6-9,11H2,1-3H3;1H. The summed E-state index contributed by atoms with van der Waals surface area (Å²) in [6.07, 6.45) is 2.11. The van der Waals surface area contributed by atoms with Gasteiger partial charge in [0.25, 0.3) is 5.91 Å². The number of piperidine rings is 1. The highest BCUT2D eigenvalue weighted by molar-refractivity contribution is 5.95. The van der Waals surface area contributed by atoms with Crippen LogP contribution < -0.4 is 14.8 Å². The molecule has 1 heterocycles. The van der Waals surface area contributed by atoms with Crippen LogP contribution in [0.1, 0.15) is 23.2 Å². The summed E-state index contributed by atoms with van der Waals surface area (Å²) in [7, 11) is 5.14. The molecule has 0 aromatic heterocycles. The molecule has 1 saturated heterocycles. The highest BCUT2D eigenvalue weighted by Crippen LogP contribution is 2.28. The topological polar surface area (TPSA) is 50.8 Å². The third-order valence-corrected chi connectivity index (χ3v) is 4.03. The van der Waals surface area contributed by atoms with Crippen LogP contribution in [-0.2, 0) is 0 Å². The first kappa shape index (κ1) is 18.6. The van der Waals surface area contributed by atoms with Crippen LogP contribution >= 0.6 is 12.4 Å². The Balaban J connectivity index is 0.00000242. The molecule has 1 aromatic rings. The molecular formula is C16H25ClN2O3. The number of halogens is 1. The molecule has 6 heteroatoms. The maximum Gasteiger partial charge on any atom is 0.253 e. The molecule has 0 spiro atoms. The lowest BCUT2D eigenvalue weighted by Crippen LogP contribution is -2.40. The summed E-state index contributed by atoms with van der Waals surface area (Å²) in [4.78, 5) is 14.5. The van der Waals surface area contributed by atoms with E-state index in [2.05, 4.69) is 5.32 Å². The Labute approximate surface area is 138 Å². The number of amides is 1. The number of nitrogens with zero attached hydrogens (tertiary/aromatic N) is 1. The molecule has 1 amide bonds. The zero-order valence-electron chi connectivity index (χ0n) is 13.4. The minimum absolute atomic E-state index is 0. The number of rotatable bonds is 5. The lowest BCUT2D eigenvalue weighted by molar-refractivity contribution is 0.0690. The average molecular weight is 329 g/mol. The average Bonchev–Trinajstić information content (AvgIpc) is 2.54. The molecule has 0 bridgehead atoms. The third kappa shape index (κ3) is 4.27. The van der Waals surface area contributed by atoms with Crippen molar-refractivity contribution < 1.29 is 14.3 Å². The highest BCUT2D eigenvalue weighted by Gasteiger charge is 2.23. The van der Waals surface area contributed by atoms with Gasteiger partial charge in [0.15, 0.2) is 11.5 Å². The van der Waals surface area contributed by atoms with Crippen molar-refractivity contribution in [2.45, 2.75) is 12.8 Å². The summed E-state index contributed by atoms with van der Waals surface area (Å²) in [5.41, 5.74) is 0.653. The molecule has 0 aliphatic carbocycles. The van der Waals surface area contributed by atoms with Crippen molar-refractivity contribution in [3.05, 3.63) is 23.8 Å². The van der Waals surface area contributed by atoms with Crippen molar-refractivity contribution in [3.63, 3.8) is 0 Å². The number of likely N-dealkylation sites (tertiary alicyclic amines) is 1. The molecule has 0 atom stereocenters. The van der Waals surface area contributed by atoms with Crippen LogP contribution in [0.3, 0.4) is 0 Å². The lowest BCUT2D eigenvalue weighted by Gasteiger charge is -2.32. The second-order valence-electron chi connectivity index (χ2n) is 5.36. The Morgan fingerprint density at radius 3 is 2.41 bits per heavy atom. The fraction of sp³-hybridized carbons (Fsp3) is 0.562. The molecule has 1 N–H and O–H groups in total. The van der Waals surface area contributed by atoms with Gasteiger partial charge >= 0.3 is 0 Å². The predicted octanol–water partition coefficient (Wildman–Crippen LogP) is 2.20. The fourth-order valence-corrected chi connectivity index (χ4v) is 2.78. The van der Waals surface area contributed by atoms with Gasteiger partial charge in [-0.05, 0) is 50.6 Å². The highest BCUT2D eigenvalue weighted by atomic mass is 35.5. The van der Waals surface area contributed by atoms with E-state index < -0.39 is 0 Å². The number of hydrogen-bond donors (Lipinski definition) is 1. The van der Waals surface area contributed by atoms with Crippen molar-refractivity contribution >= 4 is 18.3 Å².